The molecule has 156 valence electrons. The molecule has 0 atom stereocenters. The number of hydrazone groups is 1. The van der Waals surface area contributed by atoms with Gasteiger partial charge < -0.3 is 4.74 Å². The fourth-order valence-corrected chi connectivity index (χ4v) is 3.18. The molecule has 0 bridgehead atoms. The summed E-state index contributed by atoms with van der Waals surface area (Å²) in [7, 11) is 0. The predicted octanol–water partition coefficient (Wildman–Crippen LogP) is 4.50. The van der Waals surface area contributed by atoms with Crippen molar-refractivity contribution in [3.05, 3.63) is 96.7 Å². The van der Waals surface area contributed by atoms with Crippen LogP contribution in [0.3, 0.4) is 0 Å². The number of nitrogens with one attached hydrogen (secondary N) is 1. The molecule has 0 fully saturated rings. The SMILES string of the molecule is O=C(NN=Cc1cc([N+](=O)[O-])cc(Br)c1OC(=O)c1ccc(Br)cc1)c1ccncc1. The Bertz CT molecular complexity index is 1170. The van der Waals surface area contributed by atoms with Crippen LogP contribution in [-0.4, -0.2) is 28.0 Å². The lowest BCUT2D eigenvalue weighted by molar-refractivity contribution is -0.385. The fraction of sp³-hybridized carbons (Fsp3) is 0. The van der Waals surface area contributed by atoms with E-state index in [1.165, 1.54) is 36.7 Å². The maximum atomic E-state index is 12.5. The van der Waals surface area contributed by atoms with Crippen LogP contribution in [0.4, 0.5) is 5.69 Å². The van der Waals surface area contributed by atoms with Gasteiger partial charge in [-0.1, -0.05) is 15.9 Å². The summed E-state index contributed by atoms with van der Waals surface area (Å²) in [5, 5.41) is 15.0. The number of benzene rings is 2. The Morgan fingerprint density at radius 3 is 2.39 bits per heavy atom. The molecular formula is C20H12Br2N4O5. The summed E-state index contributed by atoms with van der Waals surface area (Å²) in [6, 6.07) is 11.9. The van der Waals surface area contributed by atoms with E-state index in [2.05, 4.69) is 47.4 Å². The summed E-state index contributed by atoms with van der Waals surface area (Å²) in [6.45, 7) is 0. The molecule has 31 heavy (non-hydrogen) atoms. The van der Waals surface area contributed by atoms with Gasteiger partial charge in [0.2, 0.25) is 0 Å². The number of hydrogen-bond acceptors (Lipinski definition) is 7. The number of carbonyl (C=O) groups is 2. The molecule has 0 radical (unpaired) electrons. The molecule has 1 N–H and O–H groups in total. The molecule has 0 saturated carbocycles. The number of rotatable bonds is 6. The first-order chi connectivity index (χ1) is 14.8. The Morgan fingerprint density at radius 2 is 1.74 bits per heavy atom. The average molecular weight is 548 g/mol. The lowest BCUT2D eigenvalue weighted by atomic mass is 10.2. The number of pyridine rings is 1. The number of esters is 1. The maximum absolute atomic E-state index is 12.5. The molecule has 0 spiro atoms. The number of non-ortho nitro benzene ring substituents is 1. The number of nitrogens with zero attached hydrogens (tertiary/aromatic N) is 3. The highest BCUT2D eigenvalue weighted by molar-refractivity contribution is 9.10. The molecule has 0 aliphatic heterocycles. The average Bonchev–Trinajstić information content (AvgIpc) is 2.76. The zero-order valence-electron chi connectivity index (χ0n) is 15.5. The van der Waals surface area contributed by atoms with Crippen molar-refractivity contribution in [2.75, 3.05) is 0 Å². The number of carbonyl (C=O) groups excluding carboxylic acids is 2. The van der Waals surface area contributed by atoms with Crippen LogP contribution in [0.1, 0.15) is 26.3 Å². The monoisotopic (exact) mass is 546 g/mol. The lowest BCUT2D eigenvalue weighted by Crippen LogP contribution is -2.17. The van der Waals surface area contributed by atoms with E-state index < -0.39 is 16.8 Å². The number of aromatic nitrogens is 1. The van der Waals surface area contributed by atoms with Crippen molar-refractivity contribution >= 4 is 55.6 Å². The summed E-state index contributed by atoms with van der Waals surface area (Å²) >= 11 is 6.48. The fourth-order valence-electron chi connectivity index (χ4n) is 2.37. The Balaban J connectivity index is 1.88. The van der Waals surface area contributed by atoms with Gasteiger partial charge in [0.25, 0.3) is 11.6 Å². The van der Waals surface area contributed by atoms with E-state index in [4.69, 9.17) is 4.74 Å². The highest BCUT2D eigenvalue weighted by Crippen LogP contribution is 2.33. The van der Waals surface area contributed by atoms with Crippen molar-refractivity contribution in [3.63, 3.8) is 0 Å². The van der Waals surface area contributed by atoms with E-state index in [0.717, 1.165) is 10.7 Å². The zero-order chi connectivity index (χ0) is 22.4. The predicted molar refractivity (Wildman–Crippen MR) is 119 cm³/mol. The standard InChI is InChI=1S/C20H12Br2N4O5/c21-15-3-1-13(2-4-15)20(28)31-18-14(9-16(26(29)30)10-17(18)22)11-24-25-19(27)12-5-7-23-8-6-12/h1-11H,(H,25,27). The molecule has 9 nitrogen and oxygen atoms in total. The molecule has 1 aromatic heterocycles. The third-order valence-corrected chi connectivity index (χ3v) is 4.97. The molecule has 0 saturated heterocycles. The van der Waals surface area contributed by atoms with Gasteiger partial charge in [-0.25, -0.2) is 10.2 Å². The van der Waals surface area contributed by atoms with Gasteiger partial charge >= 0.3 is 5.97 Å². The normalized spacial score (nSPS) is 10.6. The van der Waals surface area contributed by atoms with Crippen molar-refractivity contribution in [1.82, 2.24) is 10.4 Å². The molecule has 0 aliphatic rings. The van der Waals surface area contributed by atoms with Gasteiger partial charge in [0, 0.05) is 40.1 Å². The van der Waals surface area contributed by atoms with E-state index in [1.54, 1.807) is 24.3 Å². The van der Waals surface area contributed by atoms with Gasteiger partial charge in [-0.05, 0) is 52.3 Å². The highest BCUT2D eigenvalue weighted by Gasteiger charge is 2.19. The van der Waals surface area contributed by atoms with E-state index in [9.17, 15) is 19.7 Å². The van der Waals surface area contributed by atoms with Crippen molar-refractivity contribution in [2.45, 2.75) is 0 Å². The Morgan fingerprint density at radius 1 is 1.06 bits per heavy atom. The summed E-state index contributed by atoms with van der Waals surface area (Å²) in [4.78, 5) is 39.0. The molecule has 3 rings (SSSR count). The molecule has 1 amide bonds. The first-order valence-corrected chi connectivity index (χ1v) is 10.1. The van der Waals surface area contributed by atoms with Crippen molar-refractivity contribution in [2.24, 2.45) is 5.10 Å². The van der Waals surface area contributed by atoms with Crippen LogP contribution in [-0.2, 0) is 0 Å². The van der Waals surface area contributed by atoms with E-state index in [0.29, 0.717) is 5.56 Å². The van der Waals surface area contributed by atoms with Gasteiger partial charge in [0.05, 0.1) is 21.2 Å². The van der Waals surface area contributed by atoms with Gasteiger partial charge in [0.15, 0.2) is 5.75 Å². The second kappa shape index (κ2) is 10.0. The van der Waals surface area contributed by atoms with Crippen LogP contribution < -0.4 is 10.2 Å². The van der Waals surface area contributed by atoms with Crippen LogP contribution >= 0.6 is 31.9 Å². The van der Waals surface area contributed by atoms with Crippen LogP contribution in [0, 0.1) is 10.1 Å². The molecule has 11 heteroatoms. The van der Waals surface area contributed by atoms with E-state index in [1.807, 2.05) is 0 Å². The second-order valence-electron chi connectivity index (χ2n) is 5.93. The maximum Gasteiger partial charge on any atom is 0.343 e. The van der Waals surface area contributed by atoms with E-state index >= 15 is 0 Å². The van der Waals surface area contributed by atoms with Gasteiger partial charge in [-0.15, -0.1) is 0 Å². The number of nitro benzene ring substituents is 1. The van der Waals surface area contributed by atoms with Crippen LogP contribution in [0.15, 0.2) is 75.0 Å². The number of ether oxygens (including phenoxy) is 1. The summed E-state index contributed by atoms with van der Waals surface area (Å²) in [5.74, 6) is -1.16. The van der Waals surface area contributed by atoms with Crippen LogP contribution in [0.2, 0.25) is 0 Å². The molecular weight excluding hydrogens is 536 g/mol. The smallest absolute Gasteiger partial charge is 0.343 e. The number of halogens is 2. The highest BCUT2D eigenvalue weighted by atomic mass is 79.9. The minimum absolute atomic E-state index is 0.0143. The Labute approximate surface area is 192 Å². The lowest BCUT2D eigenvalue weighted by Gasteiger charge is -2.10. The van der Waals surface area contributed by atoms with Crippen molar-refractivity contribution in [1.29, 1.82) is 0 Å². The first kappa shape index (κ1) is 22.2. The van der Waals surface area contributed by atoms with Crippen molar-refractivity contribution < 1.29 is 19.2 Å². The first-order valence-electron chi connectivity index (χ1n) is 8.54. The second-order valence-corrected chi connectivity index (χ2v) is 7.70. The quantitative estimate of drug-likeness (QED) is 0.159. The molecule has 3 aromatic rings. The van der Waals surface area contributed by atoms with Gasteiger partial charge in [-0.3, -0.25) is 19.9 Å². The summed E-state index contributed by atoms with van der Waals surface area (Å²) in [5.41, 5.74) is 2.77. The van der Waals surface area contributed by atoms with Crippen LogP contribution in [0.25, 0.3) is 0 Å². The topological polar surface area (TPSA) is 124 Å². The van der Waals surface area contributed by atoms with E-state index in [-0.39, 0.29) is 27.0 Å². The molecule has 2 aromatic carbocycles. The summed E-state index contributed by atoms with van der Waals surface area (Å²) < 4.78 is 6.41. The number of amides is 1. The van der Waals surface area contributed by atoms with Gasteiger partial charge in [0.1, 0.15) is 0 Å². The largest absolute Gasteiger partial charge is 0.421 e. The van der Waals surface area contributed by atoms with Crippen LogP contribution in [0.5, 0.6) is 5.75 Å². The summed E-state index contributed by atoms with van der Waals surface area (Å²) in [6.07, 6.45) is 4.06. The zero-order valence-corrected chi connectivity index (χ0v) is 18.7. The minimum atomic E-state index is -0.669. The minimum Gasteiger partial charge on any atom is -0.421 e. The molecule has 1 heterocycles. The molecule has 0 aliphatic carbocycles. The number of nitro groups is 1. The molecule has 0 unspecified atom stereocenters. The third kappa shape index (κ3) is 5.80. The van der Waals surface area contributed by atoms with Crippen molar-refractivity contribution in [3.8, 4) is 5.75 Å². The Hall–Kier alpha value is -3.44. The van der Waals surface area contributed by atoms with Gasteiger partial charge in [-0.2, -0.15) is 5.10 Å². The Kier molecular flexibility index (Phi) is 7.21. The number of hydrogen-bond donors (Lipinski definition) is 1. The third-order valence-electron chi connectivity index (χ3n) is 3.85.